The van der Waals surface area contributed by atoms with Crippen molar-refractivity contribution in [2.45, 2.75) is 44.2 Å². The zero-order valence-electron chi connectivity index (χ0n) is 11.9. The molecule has 20 heavy (non-hydrogen) atoms. The molecule has 1 rings (SSSR count). The molecule has 2 nitrogen and oxygen atoms in total. The summed E-state index contributed by atoms with van der Waals surface area (Å²) in [6.07, 6.45) is -3.68. The van der Waals surface area contributed by atoms with Crippen LogP contribution in [0.15, 0.2) is 24.3 Å². The molecule has 114 valence electrons. The molecule has 1 aromatic carbocycles. The van der Waals surface area contributed by atoms with Gasteiger partial charge in [0.2, 0.25) is 0 Å². The fourth-order valence-electron chi connectivity index (χ4n) is 1.63. The Morgan fingerprint density at radius 2 is 1.70 bits per heavy atom. The van der Waals surface area contributed by atoms with Crippen LogP contribution in [0.3, 0.4) is 0 Å². The summed E-state index contributed by atoms with van der Waals surface area (Å²) in [4.78, 5) is 0. The number of nitrogens with one attached hydrogen (secondary N) is 1. The summed E-state index contributed by atoms with van der Waals surface area (Å²) in [5.74, 6) is 6.31. The lowest BCUT2D eigenvalue weighted by Gasteiger charge is -2.22. The van der Waals surface area contributed by atoms with E-state index in [1.54, 1.807) is 11.8 Å². The quantitative estimate of drug-likeness (QED) is 0.644. The van der Waals surface area contributed by atoms with Crippen LogP contribution in [0.2, 0.25) is 0 Å². The molecule has 6 heteroatoms. The number of hydrazine groups is 1. The third-order valence-corrected chi connectivity index (χ3v) is 4.15. The van der Waals surface area contributed by atoms with Crippen molar-refractivity contribution in [2.24, 2.45) is 5.84 Å². The van der Waals surface area contributed by atoms with E-state index in [9.17, 15) is 13.2 Å². The Morgan fingerprint density at radius 3 is 2.10 bits per heavy atom. The first-order valence-corrected chi connectivity index (χ1v) is 7.36. The zero-order valence-corrected chi connectivity index (χ0v) is 12.7. The van der Waals surface area contributed by atoms with E-state index in [-0.39, 0.29) is 10.8 Å². The third kappa shape index (κ3) is 6.15. The number of rotatable bonds is 5. The molecule has 1 atom stereocenters. The number of thioether (sulfide) groups is 1. The maximum absolute atomic E-state index is 12.5. The normalized spacial score (nSPS) is 14.3. The van der Waals surface area contributed by atoms with Crippen molar-refractivity contribution in [2.75, 3.05) is 5.75 Å². The minimum Gasteiger partial charge on any atom is -0.271 e. The number of alkyl halides is 3. The first kappa shape index (κ1) is 17.3. The lowest BCUT2D eigenvalue weighted by molar-refractivity contribution is -0.137. The Bertz CT molecular complexity index is 410. The standard InChI is InChI=1S/C14H21F3N2S/c1-13(2,3)20-9-12(19-18)8-10-4-6-11(7-5-10)14(15,16)17/h4-7,12,19H,8-9,18H2,1-3H3. The first-order valence-electron chi connectivity index (χ1n) is 6.38. The van der Waals surface area contributed by atoms with Gasteiger partial charge in [-0.05, 0) is 24.1 Å². The Kier molecular flexibility index (Phi) is 5.91. The van der Waals surface area contributed by atoms with Gasteiger partial charge in [0.15, 0.2) is 0 Å². The summed E-state index contributed by atoms with van der Waals surface area (Å²) in [6, 6.07) is 5.28. The Morgan fingerprint density at radius 1 is 1.15 bits per heavy atom. The zero-order chi connectivity index (χ0) is 15.4. The van der Waals surface area contributed by atoms with Crippen LogP contribution in [0.25, 0.3) is 0 Å². The van der Waals surface area contributed by atoms with E-state index in [1.165, 1.54) is 12.1 Å². The van der Waals surface area contributed by atoms with Crippen molar-refractivity contribution in [1.29, 1.82) is 0 Å². The van der Waals surface area contributed by atoms with Crippen LogP contribution in [0.4, 0.5) is 13.2 Å². The van der Waals surface area contributed by atoms with Crippen LogP contribution in [-0.4, -0.2) is 16.5 Å². The molecule has 0 fully saturated rings. The molecule has 0 aliphatic heterocycles. The van der Waals surface area contributed by atoms with Crippen molar-refractivity contribution in [3.63, 3.8) is 0 Å². The third-order valence-electron chi connectivity index (χ3n) is 2.72. The van der Waals surface area contributed by atoms with Gasteiger partial charge in [-0.3, -0.25) is 11.3 Å². The molecule has 1 aromatic rings. The van der Waals surface area contributed by atoms with Gasteiger partial charge in [-0.25, -0.2) is 0 Å². The number of halogens is 3. The van der Waals surface area contributed by atoms with Gasteiger partial charge in [0.1, 0.15) is 0 Å². The SMILES string of the molecule is CC(C)(C)SCC(Cc1ccc(C(F)(F)F)cc1)NN. The predicted molar refractivity (Wildman–Crippen MR) is 78.5 cm³/mol. The summed E-state index contributed by atoms with van der Waals surface area (Å²) in [5.41, 5.74) is 2.95. The van der Waals surface area contributed by atoms with E-state index in [0.717, 1.165) is 23.4 Å². The number of nitrogens with two attached hydrogens (primary N) is 1. The highest BCUT2D eigenvalue weighted by Gasteiger charge is 2.30. The van der Waals surface area contributed by atoms with Gasteiger partial charge in [-0.2, -0.15) is 24.9 Å². The summed E-state index contributed by atoms with van der Waals surface area (Å²) >= 11 is 1.77. The van der Waals surface area contributed by atoms with Gasteiger partial charge in [0, 0.05) is 16.5 Å². The van der Waals surface area contributed by atoms with Gasteiger partial charge < -0.3 is 0 Å². The molecular formula is C14H21F3N2S. The number of hydrogen-bond acceptors (Lipinski definition) is 3. The maximum Gasteiger partial charge on any atom is 0.416 e. The van der Waals surface area contributed by atoms with Gasteiger partial charge in [-0.1, -0.05) is 32.9 Å². The maximum atomic E-state index is 12.5. The van der Waals surface area contributed by atoms with Crippen molar-refractivity contribution < 1.29 is 13.2 Å². The smallest absolute Gasteiger partial charge is 0.271 e. The van der Waals surface area contributed by atoms with E-state index in [0.29, 0.717) is 6.42 Å². The van der Waals surface area contributed by atoms with Crippen LogP contribution < -0.4 is 11.3 Å². The van der Waals surface area contributed by atoms with Crippen molar-refractivity contribution in [3.8, 4) is 0 Å². The van der Waals surface area contributed by atoms with Gasteiger partial charge in [-0.15, -0.1) is 0 Å². The van der Waals surface area contributed by atoms with Gasteiger partial charge in [0.05, 0.1) is 5.56 Å². The molecule has 0 aromatic heterocycles. The van der Waals surface area contributed by atoms with Gasteiger partial charge in [0.25, 0.3) is 0 Å². The molecule has 0 aliphatic rings. The van der Waals surface area contributed by atoms with Crippen LogP contribution in [0.5, 0.6) is 0 Å². The molecule has 0 heterocycles. The van der Waals surface area contributed by atoms with E-state index in [1.807, 2.05) is 0 Å². The lowest BCUT2D eigenvalue weighted by Crippen LogP contribution is -2.39. The number of benzene rings is 1. The summed E-state index contributed by atoms with van der Waals surface area (Å²) in [5, 5.41) is 0. The summed E-state index contributed by atoms with van der Waals surface area (Å²) in [6.45, 7) is 6.34. The van der Waals surface area contributed by atoms with E-state index >= 15 is 0 Å². The fourth-order valence-corrected chi connectivity index (χ4v) is 2.55. The highest BCUT2D eigenvalue weighted by Crippen LogP contribution is 2.29. The summed E-state index contributed by atoms with van der Waals surface area (Å²) in [7, 11) is 0. The minimum absolute atomic E-state index is 0.0379. The second-order valence-electron chi connectivity index (χ2n) is 5.69. The van der Waals surface area contributed by atoms with Crippen LogP contribution in [0, 0.1) is 0 Å². The molecule has 0 spiro atoms. The molecular weight excluding hydrogens is 285 g/mol. The molecule has 0 radical (unpaired) electrons. The molecule has 1 unspecified atom stereocenters. The highest BCUT2D eigenvalue weighted by molar-refractivity contribution is 8.00. The minimum atomic E-state index is -4.29. The largest absolute Gasteiger partial charge is 0.416 e. The van der Waals surface area contributed by atoms with E-state index in [4.69, 9.17) is 5.84 Å². The molecule has 3 N–H and O–H groups in total. The molecule has 0 aliphatic carbocycles. The second kappa shape index (κ2) is 6.83. The monoisotopic (exact) mass is 306 g/mol. The molecule has 0 bridgehead atoms. The van der Waals surface area contributed by atoms with Crippen molar-refractivity contribution in [1.82, 2.24) is 5.43 Å². The van der Waals surface area contributed by atoms with Crippen LogP contribution in [-0.2, 0) is 12.6 Å². The van der Waals surface area contributed by atoms with Crippen molar-refractivity contribution >= 4 is 11.8 Å². The Hall–Kier alpha value is -0.720. The average Bonchev–Trinajstić information content (AvgIpc) is 2.33. The number of hydrogen-bond donors (Lipinski definition) is 2. The van der Waals surface area contributed by atoms with E-state index < -0.39 is 11.7 Å². The van der Waals surface area contributed by atoms with Crippen LogP contribution >= 0.6 is 11.8 Å². The van der Waals surface area contributed by atoms with Gasteiger partial charge >= 0.3 is 6.18 Å². The molecule has 0 saturated carbocycles. The molecule has 0 saturated heterocycles. The summed E-state index contributed by atoms with van der Waals surface area (Å²) < 4.78 is 37.5. The average molecular weight is 306 g/mol. The first-order chi connectivity index (χ1) is 9.12. The Labute approximate surface area is 122 Å². The molecule has 0 amide bonds. The second-order valence-corrected chi connectivity index (χ2v) is 7.53. The Balaban J connectivity index is 2.62. The van der Waals surface area contributed by atoms with Crippen molar-refractivity contribution in [3.05, 3.63) is 35.4 Å². The highest BCUT2D eigenvalue weighted by atomic mass is 32.2. The predicted octanol–water partition coefficient (Wildman–Crippen LogP) is 3.61. The van der Waals surface area contributed by atoms with E-state index in [2.05, 4.69) is 26.2 Å². The van der Waals surface area contributed by atoms with Crippen LogP contribution in [0.1, 0.15) is 31.9 Å². The topological polar surface area (TPSA) is 38.0 Å². The fraction of sp³-hybridized carbons (Fsp3) is 0.571. The lowest BCUT2D eigenvalue weighted by atomic mass is 10.1.